The van der Waals surface area contributed by atoms with Crippen LogP contribution < -0.4 is 5.32 Å². The van der Waals surface area contributed by atoms with E-state index in [-0.39, 0.29) is 0 Å². The minimum absolute atomic E-state index is 0.709. The van der Waals surface area contributed by atoms with E-state index in [1.165, 1.54) is 32.5 Å². The number of hydrogen-bond acceptors (Lipinski definition) is 3. The van der Waals surface area contributed by atoms with Crippen LogP contribution in [0, 0.1) is 5.92 Å². The molecule has 0 bridgehead atoms. The summed E-state index contributed by atoms with van der Waals surface area (Å²) in [5.41, 5.74) is 0. The number of methoxy groups -OCH3 is 1. The van der Waals surface area contributed by atoms with Gasteiger partial charge in [0.2, 0.25) is 0 Å². The van der Waals surface area contributed by atoms with Crippen LogP contribution in [-0.4, -0.2) is 50.8 Å². The molecule has 0 aliphatic carbocycles. The normalized spacial score (nSPS) is 21.8. The van der Waals surface area contributed by atoms with E-state index in [1.807, 2.05) is 0 Å². The fraction of sp³-hybridized carbons (Fsp3) is 1.00. The van der Waals surface area contributed by atoms with Crippen LogP contribution in [0.4, 0.5) is 0 Å². The summed E-state index contributed by atoms with van der Waals surface area (Å²) in [6.45, 7) is 10.0. The molecule has 1 rings (SSSR count). The van der Waals surface area contributed by atoms with Crippen molar-refractivity contribution in [3.05, 3.63) is 0 Å². The average molecular weight is 214 g/mol. The minimum atomic E-state index is 0.709. The van der Waals surface area contributed by atoms with Gasteiger partial charge >= 0.3 is 0 Å². The van der Waals surface area contributed by atoms with Crippen LogP contribution in [0.1, 0.15) is 26.7 Å². The maximum absolute atomic E-state index is 5.16. The molecular formula is C12H26N2O. The third-order valence-corrected chi connectivity index (χ3v) is 2.88. The molecule has 15 heavy (non-hydrogen) atoms. The van der Waals surface area contributed by atoms with Crippen molar-refractivity contribution in [2.75, 3.05) is 39.9 Å². The Hall–Kier alpha value is -0.120. The lowest BCUT2D eigenvalue weighted by molar-refractivity contribution is 0.134. The second kappa shape index (κ2) is 7.20. The zero-order valence-corrected chi connectivity index (χ0v) is 10.5. The first kappa shape index (κ1) is 12.9. The predicted molar refractivity (Wildman–Crippen MR) is 64.2 cm³/mol. The molecule has 1 fully saturated rings. The Kier molecular flexibility index (Phi) is 6.22. The van der Waals surface area contributed by atoms with Crippen LogP contribution in [-0.2, 0) is 4.74 Å². The summed E-state index contributed by atoms with van der Waals surface area (Å²) in [6, 6.07) is 0.709. The van der Waals surface area contributed by atoms with Crippen molar-refractivity contribution >= 4 is 0 Å². The second-order valence-corrected chi connectivity index (χ2v) is 4.94. The standard InChI is InChI=1S/C12H26N2O/c1-11(2)9-14(7-8-15-3)10-12-5-4-6-13-12/h11-13H,4-10H2,1-3H3. The highest BCUT2D eigenvalue weighted by molar-refractivity contribution is 4.78. The van der Waals surface area contributed by atoms with Crippen molar-refractivity contribution in [3.8, 4) is 0 Å². The summed E-state index contributed by atoms with van der Waals surface area (Å²) in [5, 5.41) is 3.55. The molecule has 0 aromatic heterocycles. The number of ether oxygens (including phenoxy) is 1. The zero-order valence-electron chi connectivity index (χ0n) is 10.5. The lowest BCUT2D eigenvalue weighted by atomic mass is 10.1. The third kappa shape index (κ3) is 5.50. The molecule has 1 aliphatic rings. The van der Waals surface area contributed by atoms with Gasteiger partial charge in [0.05, 0.1) is 6.61 Å². The molecule has 0 radical (unpaired) electrons. The Bertz CT molecular complexity index is 156. The van der Waals surface area contributed by atoms with Gasteiger partial charge in [-0.1, -0.05) is 13.8 Å². The van der Waals surface area contributed by atoms with Gasteiger partial charge in [0, 0.05) is 32.8 Å². The molecule has 0 spiro atoms. The van der Waals surface area contributed by atoms with Gasteiger partial charge in [-0.2, -0.15) is 0 Å². The van der Waals surface area contributed by atoms with Gasteiger partial charge in [-0.05, 0) is 25.3 Å². The maximum atomic E-state index is 5.16. The topological polar surface area (TPSA) is 24.5 Å². The minimum Gasteiger partial charge on any atom is -0.383 e. The summed E-state index contributed by atoms with van der Waals surface area (Å²) in [5.74, 6) is 0.739. The van der Waals surface area contributed by atoms with Gasteiger partial charge in [-0.25, -0.2) is 0 Å². The largest absolute Gasteiger partial charge is 0.383 e. The molecule has 1 N–H and O–H groups in total. The van der Waals surface area contributed by atoms with Crippen molar-refractivity contribution < 1.29 is 4.74 Å². The number of nitrogens with zero attached hydrogens (tertiary/aromatic N) is 1. The lowest BCUT2D eigenvalue weighted by Gasteiger charge is -2.26. The van der Waals surface area contributed by atoms with E-state index >= 15 is 0 Å². The van der Waals surface area contributed by atoms with Gasteiger partial charge in [-0.3, -0.25) is 4.90 Å². The maximum Gasteiger partial charge on any atom is 0.0589 e. The average Bonchev–Trinajstić information content (AvgIpc) is 2.66. The molecule has 3 heteroatoms. The highest BCUT2D eigenvalue weighted by atomic mass is 16.5. The molecule has 1 unspecified atom stereocenters. The van der Waals surface area contributed by atoms with E-state index in [0.717, 1.165) is 19.1 Å². The van der Waals surface area contributed by atoms with E-state index in [4.69, 9.17) is 4.74 Å². The van der Waals surface area contributed by atoms with Crippen molar-refractivity contribution in [3.63, 3.8) is 0 Å². The first-order valence-electron chi connectivity index (χ1n) is 6.17. The molecule has 0 saturated carbocycles. The molecule has 90 valence electrons. The van der Waals surface area contributed by atoms with Crippen LogP contribution in [0.2, 0.25) is 0 Å². The van der Waals surface area contributed by atoms with E-state index in [1.54, 1.807) is 7.11 Å². The highest BCUT2D eigenvalue weighted by Gasteiger charge is 2.18. The Morgan fingerprint density at radius 2 is 2.27 bits per heavy atom. The third-order valence-electron chi connectivity index (χ3n) is 2.88. The van der Waals surface area contributed by atoms with Crippen LogP contribution in [0.15, 0.2) is 0 Å². The summed E-state index contributed by atoms with van der Waals surface area (Å²) in [7, 11) is 1.78. The molecular weight excluding hydrogens is 188 g/mol. The van der Waals surface area contributed by atoms with Gasteiger partial charge in [0.15, 0.2) is 0 Å². The van der Waals surface area contributed by atoms with Crippen LogP contribution in [0.5, 0.6) is 0 Å². The second-order valence-electron chi connectivity index (χ2n) is 4.94. The monoisotopic (exact) mass is 214 g/mol. The summed E-state index contributed by atoms with van der Waals surface area (Å²) in [4.78, 5) is 2.52. The van der Waals surface area contributed by atoms with E-state index in [2.05, 4.69) is 24.1 Å². The number of nitrogens with one attached hydrogen (secondary N) is 1. The highest BCUT2D eigenvalue weighted by Crippen LogP contribution is 2.08. The fourth-order valence-electron chi connectivity index (χ4n) is 2.22. The Labute approximate surface area is 94.2 Å². The molecule has 1 heterocycles. The molecule has 0 amide bonds. The lowest BCUT2D eigenvalue weighted by Crippen LogP contribution is -2.40. The van der Waals surface area contributed by atoms with Crippen molar-refractivity contribution in [1.29, 1.82) is 0 Å². The molecule has 1 atom stereocenters. The predicted octanol–water partition coefficient (Wildman–Crippen LogP) is 1.34. The van der Waals surface area contributed by atoms with Crippen molar-refractivity contribution in [2.24, 2.45) is 5.92 Å². The molecule has 1 aliphatic heterocycles. The van der Waals surface area contributed by atoms with Crippen molar-refractivity contribution in [2.45, 2.75) is 32.7 Å². The SMILES string of the molecule is COCCN(CC(C)C)CC1CCCN1. The number of hydrogen-bond donors (Lipinski definition) is 1. The first-order valence-corrected chi connectivity index (χ1v) is 6.17. The van der Waals surface area contributed by atoms with Crippen LogP contribution in [0.25, 0.3) is 0 Å². The van der Waals surface area contributed by atoms with E-state index in [0.29, 0.717) is 6.04 Å². The van der Waals surface area contributed by atoms with Gasteiger partial charge in [0.1, 0.15) is 0 Å². The van der Waals surface area contributed by atoms with E-state index < -0.39 is 0 Å². The Balaban J connectivity index is 2.26. The number of rotatable bonds is 7. The summed E-state index contributed by atoms with van der Waals surface area (Å²) >= 11 is 0. The first-order chi connectivity index (χ1) is 7.22. The zero-order chi connectivity index (χ0) is 11.1. The fourth-order valence-corrected chi connectivity index (χ4v) is 2.22. The summed E-state index contributed by atoms with van der Waals surface area (Å²) < 4.78 is 5.16. The van der Waals surface area contributed by atoms with Crippen LogP contribution >= 0.6 is 0 Å². The Morgan fingerprint density at radius 3 is 2.80 bits per heavy atom. The molecule has 0 aromatic rings. The molecule has 0 aromatic carbocycles. The smallest absolute Gasteiger partial charge is 0.0589 e. The Morgan fingerprint density at radius 1 is 1.47 bits per heavy atom. The van der Waals surface area contributed by atoms with Crippen molar-refractivity contribution in [1.82, 2.24) is 10.2 Å². The van der Waals surface area contributed by atoms with Gasteiger partial charge in [0.25, 0.3) is 0 Å². The van der Waals surface area contributed by atoms with Crippen LogP contribution in [0.3, 0.4) is 0 Å². The van der Waals surface area contributed by atoms with E-state index in [9.17, 15) is 0 Å². The molecule has 1 saturated heterocycles. The molecule has 3 nitrogen and oxygen atoms in total. The van der Waals surface area contributed by atoms with Gasteiger partial charge in [-0.15, -0.1) is 0 Å². The quantitative estimate of drug-likeness (QED) is 0.692. The van der Waals surface area contributed by atoms with Gasteiger partial charge < -0.3 is 10.1 Å². The summed E-state index contributed by atoms with van der Waals surface area (Å²) in [6.07, 6.45) is 2.67.